The molecule has 12 heavy (non-hydrogen) atoms. The fourth-order valence-corrected chi connectivity index (χ4v) is 1.79. The molecule has 0 rings (SSSR count). The van der Waals surface area contributed by atoms with Crippen LogP contribution in [0.4, 0.5) is 0 Å². The summed E-state index contributed by atoms with van der Waals surface area (Å²) in [7, 11) is 0. The monoisotopic (exact) mass is 302 g/mol. The van der Waals surface area contributed by atoms with Gasteiger partial charge in [-0.2, -0.15) is 0 Å². The Kier molecular flexibility index (Phi) is 3.73. The first-order chi connectivity index (χ1) is 5.15. The van der Waals surface area contributed by atoms with E-state index in [1.165, 1.54) is 0 Å². The summed E-state index contributed by atoms with van der Waals surface area (Å²) in [6.45, 7) is 12.2. The van der Waals surface area contributed by atoms with Gasteiger partial charge in [0.05, 0.1) is 0 Å². The molecular formula is C8H16IO2P. The zero-order chi connectivity index (χ0) is 10.0. The summed E-state index contributed by atoms with van der Waals surface area (Å²) in [5.41, 5.74) is 0. The molecule has 0 N–H and O–H groups in total. The van der Waals surface area contributed by atoms with Crippen LogP contribution in [0.1, 0.15) is 6.92 Å². The number of esters is 1. The first kappa shape index (κ1) is 12.4. The van der Waals surface area contributed by atoms with Crippen LogP contribution in [0.15, 0.2) is 11.9 Å². The number of halogens is 1. The Balaban J connectivity index is 4.53. The Hall–Kier alpha value is 0.370. The molecule has 0 fully saturated rings. The average Bonchev–Trinajstić information content (AvgIpc) is 1.83. The Morgan fingerprint density at radius 3 is 2.17 bits per heavy atom. The standard InChI is InChI=1S/C8H16IO2P/c1-6-11-8(10)7(2)12(3,4,5)9/h2,6H2,1,3-5H3. The summed E-state index contributed by atoms with van der Waals surface area (Å²) in [5, 5.41) is 0.628. The van der Waals surface area contributed by atoms with Crippen LogP contribution in [0.25, 0.3) is 0 Å². The van der Waals surface area contributed by atoms with E-state index in [0.717, 1.165) is 0 Å². The number of ether oxygens (including phenoxy) is 1. The van der Waals surface area contributed by atoms with E-state index in [2.05, 4.69) is 48.6 Å². The van der Waals surface area contributed by atoms with Gasteiger partial charge in [0.25, 0.3) is 0 Å². The molecule has 0 radical (unpaired) electrons. The quantitative estimate of drug-likeness (QED) is 0.347. The van der Waals surface area contributed by atoms with Crippen molar-refractivity contribution in [3.63, 3.8) is 0 Å². The van der Waals surface area contributed by atoms with Gasteiger partial charge < -0.3 is 0 Å². The number of hydrogen-bond donors (Lipinski definition) is 0. The van der Waals surface area contributed by atoms with E-state index in [1.807, 2.05) is 0 Å². The van der Waals surface area contributed by atoms with Crippen LogP contribution in [0, 0.1) is 0 Å². The maximum absolute atomic E-state index is 11.3. The van der Waals surface area contributed by atoms with Gasteiger partial charge in [-0.05, 0) is 0 Å². The molecule has 0 amide bonds. The second-order valence-electron chi connectivity index (χ2n) is 3.77. The van der Waals surface area contributed by atoms with Crippen molar-refractivity contribution < 1.29 is 9.53 Å². The Morgan fingerprint density at radius 1 is 1.50 bits per heavy atom. The van der Waals surface area contributed by atoms with E-state index >= 15 is 0 Å². The van der Waals surface area contributed by atoms with Gasteiger partial charge in [-0.15, -0.1) is 0 Å². The Bertz CT molecular complexity index is 206. The van der Waals surface area contributed by atoms with E-state index in [-0.39, 0.29) is 5.97 Å². The van der Waals surface area contributed by atoms with E-state index < -0.39 is 4.25 Å². The molecule has 0 aliphatic carbocycles. The van der Waals surface area contributed by atoms with E-state index in [9.17, 15) is 4.79 Å². The third-order valence-corrected chi connectivity index (χ3v) is 5.18. The first-order valence-electron chi connectivity index (χ1n) is 3.74. The molecule has 0 spiro atoms. The molecule has 0 bridgehead atoms. The molecule has 2 nitrogen and oxygen atoms in total. The SMILES string of the molecule is C=C(C(=O)OCC)P(C)(C)(C)I. The molecule has 0 aromatic carbocycles. The summed E-state index contributed by atoms with van der Waals surface area (Å²) in [4.78, 5) is 11.3. The molecule has 0 saturated heterocycles. The van der Waals surface area contributed by atoms with Crippen molar-refractivity contribution in [2.45, 2.75) is 6.92 Å². The van der Waals surface area contributed by atoms with E-state index in [4.69, 9.17) is 4.74 Å². The summed E-state index contributed by atoms with van der Waals surface area (Å²) in [6, 6.07) is 0. The topological polar surface area (TPSA) is 26.3 Å². The van der Waals surface area contributed by atoms with Crippen LogP contribution in [-0.2, 0) is 9.53 Å². The van der Waals surface area contributed by atoms with Crippen LogP contribution in [-0.4, -0.2) is 32.6 Å². The normalized spacial score (nSPS) is 14.6. The number of rotatable bonds is 3. The van der Waals surface area contributed by atoms with Crippen LogP contribution in [0.2, 0.25) is 0 Å². The molecule has 4 heteroatoms. The van der Waals surface area contributed by atoms with Crippen molar-refractivity contribution in [1.82, 2.24) is 0 Å². The molecule has 0 saturated carbocycles. The maximum atomic E-state index is 11.3. The number of hydrogen-bond acceptors (Lipinski definition) is 2. The van der Waals surface area contributed by atoms with Gasteiger partial charge in [0.15, 0.2) is 0 Å². The third-order valence-electron chi connectivity index (χ3n) is 1.42. The van der Waals surface area contributed by atoms with Crippen molar-refractivity contribution >= 4 is 32.3 Å². The van der Waals surface area contributed by atoms with Gasteiger partial charge in [0.2, 0.25) is 0 Å². The fraction of sp³-hybridized carbons (Fsp3) is 0.625. The second-order valence-corrected chi connectivity index (χ2v) is 19.7. The van der Waals surface area contributed by atoms with Crippen LogP contribution in [0.5, 0.6) is 0 Å². The molecule has 0 unspecified atom stereocenters. The summed E-state index contributed by atoms with van der Waals surface area (Å²) < 4.78 is 2.87. The molecule has 0 aromatic rings. The van der Waals surface area contributed by atoms with Crippen molar-refractivity contribution in [2.24, 2.45) is 0 Å². The van der Waals surface area contributed by atoms with Gasteiger partial charge in [-0.25, -0.2) is 0 Å². The summed E-state index contributed by atoms with van der Waals surface area (Å²) in [6.07, 6.45) is 0. The predicted octanol–water partition coefficient (Wildman–Crippen LogP) is 2.86. The predicted molar refractivity (Wildman–Crippen MR) is 64.5 cm³/mol. The fourth-order valence-electron chi connectivity index (χ4n) is 0.523. The summed E-state index contributed by atoms with van der Waals surface area (Å²) in [5.74, 6) is -0.253. The van der Waals surface area contributed by atoms with Gasteiger partial charge >= 0.3 is 87.2 Å². The molecule has 72 valence electrons. The summed E-state index contributed by atoms with van der Waals surface area (Å²) >= 11 is 2.32. The average molecular weight is 302 g/mol. The van der Waals surface area contributed by atoms with Crippen molar-refractivity contribution in [1.29, 1.82) is 0 Å². The molecule has 0 aliphatic heterocycles. The number of carbonyl (C=O) groups is 1. The Labute approximate surface area is 87.2 Å². The van der Waals surface area contributed by atoms with Crippen molar-refractivity contribution in [3.05, 3.63) is 11.9 Å². The van der Waals surface area contributed by atoms with Gasteiger partial charge in [0, 0.05) is 0 Å². The van der Waals surface area contributed by atoms with Crippen LogP contribution in [0.3, 0.4) is 0 Å². The van der Waals surface area contributed by atoms with Crippen LogP contribution < -0.4 is 0 Å². The third kappa shape index (κ3) is 3.85. The molecule has 0 heterocycles. The van der Waals surface area contributed by atoms with Crippen molar-refractivity contribution in [3.8, 4) is 0 Å². The van der Waals surface area contributed by atoms with Gasteiger partial charge in [-0.3, -0.25) is 0 Å². The van der Waals surface area contributed by atoms with Gasteiger partial charge in [-0.1, -0.05) is 0 Å². The molecule has 0 atom stereocenters. The first-order valence-corrected chi connectivity index (χ1v) is 10.1. The van der Waals surface area contributed by atoms with Gasteiger partial charge in [0.1, 0.15) is 0 Å². The van der Waals surface area contributed by atoms with Crippen molar-refractivity contribution in [2.75, 3.05) is 26.6 Å². The zero-order valence-corrected chi connectivity index (χ0v) is 11.1. The minimum absolute atomic E-state index is 0.253. The Morgan fingerprint density at radius 2 is 1.92 bits per heavy atom. The second kappa shape index (κ2) is 3.62. The minimum atomic E-state index is -2.02. The van der Waals surface area contributed by atoms with E-state index in [0.29, 0.717) is 11.9 Å². The molecule has 0 aromatic heterocycles. The van der Waals surface area contributed by atoms with Crippen LogP contribution >= 0.6 is 26.3 Å². The van der Waals surface area contributed by atoms with E-state index in [1.54, 1.807) is 6.92 Å². The molecular weight excluding hydrogens is 286 g/mol. The molecule has 0 aliphatic rings. The zero-order valence-electron chi connectivity index (χ0n) is 8.06. The number of carbonyl (C=O) groups excluding carboxylic acids is 1.